The summed E-state index contributed by atoms with van der Waals surface area (Å²) in [5.41, 5.74) is 5.26. The molecule has 5 nitrogen and oxygen atoms in total. The Kier molecular flexibility index (Phi) is 7.00. The van der Waals surface area contributed by atoms with Crippen LogP contribution in [-0.2, 0) is 0 Å². The van der Waals surface area contributed by atoms with Gasteiger partial charge in [-0.3, -0.25) is 0 Å². The minimum Gasteiger partial charge on any atom is -0.495 e. The van der Waals surface area contributed by atoms with Crippen LogP contribution in [0.15, 0.2) is 46.8 Å². The van der Waals surface area contributed by atoms with Gasteiger partial charge in [-0.05, 0) is 54.4 Å². The summed E-state index contributed by atoms with van der Waals surface area (Å²) in [7, 11) is 1.41. The van der Waals surface area contributed by atoms with Crippen molar-refractivity contribution < 1.29 is 19.0 Å². The molecule has 0 aliphatic heterocycles. The molecule has 0 radical (unpaired) electrons. The third-order valence-electron chi connectivity index (χ3n) is 6.07. The van der Waals surface area contributed by atoms with Crippen LogP contribution in [0.3, 0.4) is 0 Å². The van der Waals surface area contributed by atoms with Gasteiger partial charge in [0.2, 0.25) is 0 Å². The number of hydrogen-bond donors (Lipinski definition) is 2. The van der Waals surface area contributed by atoms with Crippen molar-refractivity contribution >= 4 is 40.5 Å². The molecule has 1 aliphatic carbocycles. The molecule has 8 heteroatoms. The Labute approximate surface area is 207 Å². The third-order valence-corrected chi connectivity index (χ3v) is 7.83. The maximum absolute atomic E-state index is 14.1. The molecule has 0 saturated heterocycles. The van der Waals surface area contributed by atoms with Crippen molar-refractivity contribution in [3.8, 4) is 16.3 Å². The molecule has 34 heavy (non-hydrogen) atoms. The number of carbonyl (C=O) groups is 1. The van der Waals surface area contributed by atoms with Gasteiger partial charge in [-0.1, -0.05) is 38.1 Å². The quantitative estimate of drug-likeness (QED) is 0.326. The highest BCUT2D eigenvalue weighted by molar-refractivity contribution is 8.00. The molecule has 0 amide bonds. The fraction of sp³-hybridized carbons (Fsp3) is 0.308. The first-order chi connectivity index (χ1) is 16.2. The summed E-state index contributed by atoms with van der Waals surface area (Å²) in [5, 5.41) is 12.7. The summed E-state index contributed by atoms with van der Waals surface area (Å²) in [6.45, 7) is 6.74. The number of allylic oxidation sites excluding steroid dienone is 2. The van der Waals surface area contributed by atoms with Gasteiger partial charge in [0.05, 0.1) is 18.4 Å². The lowest BCUT2D eigenvalue weighted by molar-refractivity contribution is 0.0691. The van der Waals surface area contributed by atoms with Gasteiger partial charge in [0, 0.05) is 29.0 Å². The molecule has 2 N–H and O–H groups in total. The summed E-state index contributed by atoms with van der Waals surface area (Å²) >= 11 is 2.76. The predicted molar refractivity (Wildman–Crippen MR) is 137 cm³/mol. The smallest absolute Gasteiger partial charge is 0.338 e. The highest BCUT2D eigenvalue weighted by Crippen LogP contribution is 2.39. The van der Waals surface area contributed by atoms with E-state index in [2.05, 4.69) is 49.8 Å². The Balaban J connectivity index is 1.48. The van der Waals surface area contributed by atoms with Crippen molar-refractivity contribution in [2.24, 2.45) is 5.41 Å². The van der Waals surface area contributed by atoms with E-state index < -0.39 is 17.3 Å². The Bertz CT molecular complexity index is 1270. The summed E-state index contributed by atoms with van der Waals surface area (Å²) in [4.78, 5) is 15.9. The molecule has 4 rings (SSSR count). The summed E-state index contributed by atoms with van der Waals surface area (Å²) in [6, 6.07) is 8.84. The number of rotatable bonds is 7. The van der Waals surface area contributed by atoms with Crippen LogP contribution in [0.2, 0.25) is 0 Å². The molecule has 1 heterocycles. The normalized spacial score (nSPS) is 15.0. The third kappa shape index (κ3) is 5.28. The molecule has 1 aromatic heterocycles. The lowest BCUT2D eigenvalue weighted by Gasteiger charge is -2.28. The molecule has 0 spiro atoms. The Morgan fingerprint density at radius 1 is 1.29 bits per heavy atom. The van der Waals surface area contributed by atoms with Gasteiger partial charge in [0.15, 0.2) is 0 Å². The first kappa shape index (κ1) is 24.3. The van der Waals surface area contributed by atoms with E-state index in [0.29, 0.717) is 11.1 Å². The van der Waals surface area contributed by atoms with Crippen LogP contribution in [0.4, 0.5) is 10.1 Å². The minimum absolute atomic E-state index is 0.244. The van der Waals surface area contributed by atoms with E-state index >= 15 is 0 Å². The molecular weight excluding hydrogens is 471 g/mol. The zero-order chi connectivity index (χ0) is 24.5. The van der Waals surface area contributed by atoms with Crippen LogP contribution >= 0.6 is 23.3 Å². The summed E-state index contributed by atoms with van der Waals surface area (Å²) in [5.74, 6) is -1.93. The fourth-order valence-corrected chi connectivity index (χ4v) is 5.62. The number of anilines is 1. The number of nitrogens with zero attached hydrogens (tertiary/aromatic N) is 1. The van der Waals surface area contributed by atoms with Gasteiger partial charge in [-0.25, -0.2) is 14.2 Å². The Morgan fingerprint density at radius 2 is 2.09 bits per heavy atom. The van der Waals surface area contributed by atoms with E-state index in [-0.39, 0.29) is 5.75 Å². The van der Waals surface area contributed by atoms with Gasteiger partial charge < -0.3 is 14.6 Å². The van der Waals surface area contributed by atoms with E-state index in [4.69, 9.17) is 14.8 Å². The maximum Gasteiger partial charge on any atom is 0.338 e. The molecule has 0 bridgehead atoms. The van der Waals surface area contributed by atoms with Crippen LogP contribution in [0.1, 0.15) is 54.6 Å². The van der Waals surface area contributed by atoms with Crippen molar-refractivity contribution in [1.29, 1.82) is 0 Å². The SMILES string of the molecule is COc1cc(C(=O)O)c(F)cc1NSc1csc(-c2ccc(C3=CCC(C)(C)CC3)cc2C)n1. The number of nitrogens with one attached hydrogen (secondary N) is 1. The highest BCUT2D eigenvalue weighted by Gasteiger charge is 2.22. The lowest BCUT2D eigenvalue weighted by atomic mass is 9.77. The van der Waals surface area contributed by atoms with E-state index in [1.165, 1.54) is 48.2 Å². The molecule has 0 fully saturated rings. The topological polar surface area (TPSA) is 71.5 Å². The Hall–Kier alpha value is -2.84. The molecule has 2 aromatic carbocycles. The van der Waals surface area contributed by atoms with Crippen molar-refractivity contribution in [3.05, 3.63) is 64.3 Å². The molecule has 0 unspecified atom stereocenters. The van der Waals surface area contributed by atoms with Crippen molar-refractivity contribution in [1.82, 2.24) is 4.98 Å². The van der Waals surface area contributed by atoms with Crippen molar-refractivity contribution in [2.75, 3.05) is 11.8 Å². The van der Waals surface area contributed by atoms with Gasteiger partial charge in [-0.15, -0.1) is 11.3 Å². The van der Waals surface area contributed by atoms with Crippen LogP contribution < -0.4 is 9.46 Å². The number of aryl methyl sites for hydroxylation is 1. The summed E-state index contributed by atoms with van der Waals surface area (Å²) in [6.07, 6.45) is 5.79. The standard InChI is InChI=1S/C26H27FN2O3S2/c1-15-11-17(16-7-9-26(2,3)10-8-16)5-6-18(15)24-28-23(14-33-24)34-29-21-13-20(27)19(25(30)31)12-22(21)32-4/h5-7,11-14,29H,8-10H2,1-4H3,(H,30,31). The number of benzene rings is 2. The first-order valence-electron chi connectivity index (χ1n) is 11.0. The second-order valence-corrected chi connectivity index (χ2v) is 10.8. The second kappa shape index (κ2) is 9.80. The predicted octanol–water partition coefficient (Wildman–Crippen LogP) is 7.68. The average Bonchev–Trinajstić information content (AvgIpc) is 3.26. The number of methoxy groups -OCH3 is 1. The fourth-order valence-electron chi connectivity index (χ4n) is 3.95. The van der Waals surface area contributed by atoms with E-state index in [0.717, 1.165) is 34.5 Å². The number of carboxylic acids is 1. The van der Waals surface area contributed by atoms with Crippen LogP contribution in [0, 0.1) is 18.2 Å². The first-order valence-corrected chi connectivity index (χ1v) is 12.7. The Morgan fingerprint density at radius 3 is 2.74 bits per heavy atom. The number of ether oxygens (including phenoxy) is 1. The van der Waals surface area contributed by atoms with E-state index in [1.54, 1.807) is 11.3 Å². The number of hydrogen-bond acceptors (Lipinski definition) is 6. The number of carboxylic acid groups (broad SMARTS) is 1. The van der Waals surface area contributed by atoms with Crippen molar-refractivity contribution in [2.45, 2.75) is 45.1 Å². The molecule has 178 valence electrons. The van der Waals surface area contributed by atoms with Gasteiger partial charge in [0.25, 0.3) is 0 Å². The molecule has 0 atom stereocenters. The number of halogens is 1. The zero-order valence-electron chi connectivity index (χ0n) is 19.6. The lowest BCUT2D eigenvalue weighted by Crippen LogP contribution is -2.14. The van der Waals surface area contributed by atoms with E-state index in [1.807, 2.05) is 5.38 Å². The average molecular weight is 499 g/mol. The van der Waals surface area contributed by atoms with Gasteiger partial charge in [-0.2, -0.15) is 0 Å². The molecular formula is C26H27FN2O3S2. The summed E-state index contributed by atoms with van der Waals surface area (Å²) < 4.78 is 22.3. The van der Waals surface area contributed by atoms with Crippen LogP contribution in [0.25, 0.3) is 16.1 Å². The number of aromatic carboxylic acids is 1. The molecule has 0 saturated carbocycles. The minimum atomic E-state index is -1.34. The van der Waals surface area contributed by atoms with E-state index in [9.17, 15) is 9.18 Å². The molecule has 1 aliphatic rings. The van der Waals surface area contributed by atoms with Gasteiger partial charge in [0.1, 0.15) is 21.6 Å². The number of thiazole rings is 1. The zero-order valence-corrected chi connectivity index (χ0v) is 21.2. The van der Waals surface area contributed by atoms with Crippen molar-refractivity contribution in [3.63, 3.8) is 0 Å². The highest BCUT2D eigenvalue weighted by atomic mass is 32.2. The largest absolute Gasteiger partial charge is 0.495 e. The van der Waals surface area contributed by atoms with Crippen LogP contribution in [0.5, 0.6) is 5.75 Å². The monoisotopic (exact) mass is 498 g/mol. The maximum atomic E-state index is 14.1. The van der Waals surface area contributed by atoms with Crippen LogP contribution in [-0.4, -0.2) is 23.2 Å². The second-order valence-electron chi connectivity index (χ2n) is 9.16. The van der Waals surface area contributed by atoms with Gasteiger partial charge >= 0.3 is 5.97 Å². The molecule has 3 aromatic rings. The number of aromatic nitrogens is 1.